The van der Waals surface area contributed by atoms with E-state index in [-0.39, 0.29) is 11.8 Å². The molecule has 3 rings (SSSR count). The Kier molecular flexibility index (Phi) is 3.80. The highest BCUT2D eigenvalue weighted by atomic mass is 16.2. The molecule has 0 aliphatic carbocycles. The van der Waals surface area contributed by atoms with Gasteiger partial charge in [0.15, 0.2) is 0 Å². The van der Waals surface area contributed by atoms with Crippen LogP contribution in [0.1, 0.15) is 17.3 Å². The summed E-state index contributed by atoms with van der Waals surface area (Å²) >= 11 is 0. The van der Waals surface area contributed by atoms with Gasteiger partial charge in [-0.15, -0.1) is 0 Å². The molecule has 0 unspecified atom stereocenters. The molecule has 23 heavy (non-hydrogen) atoms. The third-order valence-electron chi connectivity index (χ3n) is 3.45. The number of nitrogens with zero attached hydrogens (tertiary/aromatic N) is 2. The van der Waals surface area contributed by atoms with Crippen LogP contribution in [0.15, 0.2) is 48.8 Å². The molecule has 0 radical (unpaired) electrons. The summed E-state index contributed by atoms with van der Waals surface area (Å²) in [5.41, 5.74) is 3.69. The third kappa shape index (κ3) is 3.21. The average molecular weight is 308 g/mol. The number of hydrogen-bond donors (Lipinski definition) is 2. The van der Waals surface area contributed by atoms with Crippen LogP contribution in [0.4, 0.5) is 11.4 Å². The van der Waals surface area contributed by atoms with Crippen LogP contribution >= 0.6 is 0 Å². The number of nitrogens with one attached hydrogen (secondary N) is 2. The van der Waals surface area contributed by atoms with Crippen LogP contribution in [0.2, 0.25) is 0 Å². The zero-order valence-corrected chi connectivity index (χ0v) is 12.8. The quantitative estimate of drug-likeness (QED) is 0.781. The van der Waals surface area contributed by atoms with E-state index in [1.807, 2.05) is 29.8 Å². The molecule has 1 heterocycles. The van der Waals surface area contributed by atoms with E-state index in [1.165, 1.54) is 6.92 Å². The van der Waals surface area contributed by atoms with Crippen LogP contribution in [0, 0.1) is 0 Å². The molecule has 0 fully saturated rings. The van der Waals surface area contributed by atoms with Gasteiger partial charge in [0.1, 0.15) is 0 Å². The number of imidazole rings is 1. The van der Waals surface area contributed by atoms with Crippen LogP contribution in [-0.4, -0.2) is 21.4 Å². The van der Waals surface area contributed by atoms with Crippen LogP contribution in [-0.2, 0) is 11.8 Å². The zero-order valence-electron chi connectivity index (χ0n) is 12.8. The third-order valence-corrected chi connectivity index (χ3v) is 3.45. The lowest BCUT2D eigenvalue weighted by atomic mass is 10.2. The summed E-state index contributed by atoms with van der Waals surface area (Å²) in [6.07, 6.45) is 1.73. The molecule has 1 aromatic heterocycles. The second kappa shape index (κ2) is 5.92. The standard InChI is InChI=1S/C17H16N4O2/c1-11(22)19-13-5-3-12(4-6-13)17(23)20-14-7-8-16-15(9-14)18-10-21(16)2/h3-10H,1-2H3,(H,19,22)(H,20,23). The number of fused-ring (bicyclic) bond motifs is 1. The molecule has 6 nitrogen and oxygen atoms in total. The summed E-state index contributed by atoms with van der Waals surface area (Å²) in [4.78, 5) is 27.5. The summed E-state index contributed by atoms with van der Waals surface area (Å²) in [5, 5.41) is 5.51. The van der Waals surface area contributed by atoms with E-state index in [4.69, 9.17) is 0 Å². The first-order valence-electron chi connectivity index (χ1n) is 7.13. The Bertz CT molecular complexity index is 881. The molecule has 0 saturated heterocycles. The second-order valence-electron chi connectivity index (χ2n) is 5.27. The second-order valence-corrected chi connectivity index (χ2v) is 5.27. The molecule has 2 amide bonds. The normalized spacial score (nSPS) is 10.5. The average Bonchev–Trinajstić information content (AvgIpc) is 2.88. The number of aromatic nitrogens is 2. The van der Waals surface area contributed by atoms with Crippen molar-refractivity contribution in [1.29, 1.82) is 0 Å². The summed E-state index contributed by atoms with van der Waals surface area (Å²) in [6.45, 7) is 1.44. The Hall–Kier alpha value is -3.15. The fourth-order valence-electron chi connectivity index (χ4n) is 2.33. The SMILES string of the molecule is CC(=O)Nc1ccc(C(=O)Nc2ccc3c(c2)ncn3C)cc1. The summed E-state index contributed by atoms with van der Waals surface area (Å²) in [7, 11) is 1.92. The lowest BCUT2D eigenvalue weighted by Gasteiger charge is -2.07. The maximum Gasteiger partial charge on any atom is 0.255 e. The van der Waals surface area contributed by atoms with Crippen LogP contribution in [0.25, 0.3) is 11.0 Å². The van der Waals surface area contributed by atoms with Gasteiger partial charge in [-0.3, -0.25) is 9.59 Å². The fraction of sp³-hybridized carbons (Fsp3) is 0.118. The highest BCUT2D eigenvalue weighted by Crippen LogP contribution is 2.18. The van der Waals surface area contributed by atoms with E-state index in [2.05, 4.69) is 15.6 Å². The maximum absolute atomic E-state index is 12.3. The van der Waals surface area contributed by atoms with Gasteiger partial charge in [0.2, 0.25) is 5.91 Å². The molecule has 0 bridgehead atoms. The summed E-state index contributed by atoms with van der Waals surface area (Å²) < 4.78 is 1.92. The molecular weight excluding hydrogens is 292 g/mol. The Morgan fingerprint density at radius 2 is 1.70 bits per heavy atom. The highest BCUT2D eigenvalue weighted by molar-refractivity contribution is 6.05. The van der Waals surface area contributed by atoms with Crippen molar-refractivity contribution in [3.05, 3.63) is 54.4 Å². The molecule has 6 heteroatoms. The topological polar surface area (TPSA) is 76.0 Å². The van der Waals surface area contributed by atoms with Gasteiger partial charge < -0.3 is 15.2 Å². The van der Waals surface area contributed by atoms with E-state index in [0.29, 0.717) is 16.9 Å². The van der Waals surface area contributed by atoms with Gasteiger partial charge in [0.05, 0.1) is 17.4 Å². The minimum absolute atomic E-state index is 0.147. The largest absolute Gasteiger partial charge is 0.334 e. The fourth-order valence-corrected chi connectivity index (χ4v) is 2.33. The van der Waals surface area contributed by atoms with Gasteiger partial charge >= 0.3 is 0 Å². The zero-order chi connectivity index (χ0) is 16.4. The summed E-state index contributed by atoms with van der Waals surface area (Å²) in [6, 6.07) is 12.3. The van der Waals surface area contributed by atoms with Gasteiger partial charge in [-0.25, -0.2) is 4.98 Å². The number of hydrogen-bond acceptors (Lipinski definition) is 3. The van der Waals surface area contributed by atoms with Gasteiger partial charge in [0, 0.05) is 30.9 Å². The van der Waals surface area contributed by atoms with E-state index in [9.17, 15) is 9.59 Å². The minimum atomic E-state index is -0.213. The van der Waals surface area contributed by atoms with Crippen LogP contribution < -0.4 is 10.6 Å². The van der Waals surface area contributed by atoms with Gasteiger partial charge in [-0.2, -0.15) is 0 Å². The number of benzene rings is 2. The number of amides is 2. The van der Waals surface area contributed by atoms with E-state index in [1.54, 1.807) is 30.6 Å². The number of rotatable bonds is 3. The Morgan fingerprint density at radius 3 is 2.39 bits per heavy atom. The molecule has 2 aromatic carbocycles. The molecule has 0 aliphatic heterocycles. The molecule has 0 atom stereocenters. The van der Waals surface area contributed by atoms with Gasteiger partial charge in [0.25, 0.3) is 5.91 Å². The van der Waals surface area contributed by atoms with Gasteiger partial charge in [-0.05, 0) is 42.5 Å². The van der Waals surface area contributed by atoms with Crippen molar-refractivity contribution >= 4 is 34.2 Å². The van der Waals surface area contributed by atoms with Crippen molar-refractivity contribution in [2.24, 2.45) is 7.05 Å². The highest BCUT2D eigenvalue weighted by Gasteiger charge is 2.08. The van der Waals surface area contributed by atoms with Crippen molar-refractivity contribution < 1.29 is 9.59 Å². The van der Waals surface area contributed by atoms with Crippen molar-refractivity contribution in [3.8, 4) is 0 Å². The number of carbonyl (C=O) groups is 2. The monoisotopic (exact) mass is 308 g/mol. The first-order chi connectivity index (χ1) is 11.0. The molecular formula is C17H16N4O2. The predicted octanol–water partition coefficient (Wildman–Crippen LogP) is 2.78. The molecule has 3 aromatic rings. The first kappa shape index (κ1) is 14.8. The maximum atomic E-state index is 12.3. The van der Waals surface area contributed by atoms with E-state index >= 15 is 0 Å². The van der Waals surface area contributed by atoms with Crippen molar-refractivity contribution in [2.75, 3.05) is 10.6 Å². The van der Waals surface area contributed by atoms with Gasteiger partial charge in [-0.1, -0.05) is 0 Å². The Morgan fingerprint density at radius 1 is 1.00 bits per heavy atom. The molecule has 0 spiro atoms. The van der Waals surface area contributed by atoms with Crippen molar-refractivity contribution in [3.63, 3.8) is 0 Å². The van der Waals surface area contributed by atoms with Crippen molar-refractivity contribution in [1.82, 2.24) is 9.55 Å². The molecule has 116 valence electrons. The van der Waals surface area contributed by atoms with E-state index < -0.39 is 0 Å². The number of anilines is 2. The molecule has 0 saturated carbocycles. The van der Waals surface area contributed by atoms with Crippen LogP contribution in [0.5, 0.6) is 0 Å². The lowest BCUT2D eigenvalue weighted by molar-refractivity contribution is -0.114. The predicted molar refractivity (Wildman–Crippen MR) is 89.4 cm³/mol. The van der Waals surface area contributed by atoms with Crippen LogP contribution in [0.3, 0.4) is 0 Å². The Labute approximate surface area is 133 Å². The first-order valence-corrected chi connectivity index (χ1v) is 7.13. The molecule has 0 aliphatic rings. The number of carbonyl (C=O) groups excluding carboxylic acids is 2. The Balaban J connectivity index is 1.75. The van der Waals surface area contributed by atoms with Crippen molar-refractivity contribution in [2.45, 2.75) is 6.92 Å². The number of aryl methyl sites for hydroxylation is 1. The van der Waals surface area contributed by atoms with E-state index in [0.717, 1.165) is 11.0 Å². The lowest BCUT2D eigenvalue weighted by Crippen LogP contribution is -2.12. The smallest absolute Gasteiger partial charge is 0.255 e. The minimum Gasteiger partial charge on any atom is -0.334 e. The summed E-state index contributed by atoms with van der Waals surface area (Å²) in [5.74, 6) is -0.361. The molecule has 2 N–H and O–H groups in total.